The van der Waals surface area contributed by atoms with Gasteiger partial charge in [0.15, 0.2) is 0 Å². The van der Waals surface area contributed by atoms with Gasteiger partial charge in [-0.25, -0.2) is 9.97 Å². The number of anilines is 1. The van der Waals surface area contributed by atoms with Crippen LogP contribution >= 0.6 is 0 Å². The lowest BCUT2D eigenvalue weighted by atomic mass is 10.3. The molecule has 6 nitrogen and oxygen atoms in total. The highest BCUT2D eigenvalue weighted by molar-refractivity contribution is 5.35. The van der Waals surface area contributed by atoms with E-state index in [9.17, 15) is 0 Å². The van der Waals surface area contributed by atoms with E-state index in [2.05, 4.69) is 27.1 Å². The van der Waals surface area contributed by atoms with Crippen molar-refractivity contribution in [1.82, 2.24) is 14.9 Å². The molecule has 6 heteroatoms. The fourth-order valence-electron chi connectivity index (χ4n) is 2.57. The van der Waals surface area contributed by atoms with Gasteiger partial charge in [-0.2, -0.15) is 0 Å². The van der Waals surface area contributed by atoms with Crippen molar-refractivity contribution in [3.63, 3.8) is 0 Å². The molecule has 0 aliphatic carbocycles. The number of nitrogens with zero attached hydrogens (tertiary/aromatic N) is 3. The van der Waals surface area contributed by atoms with Gasteiger partial charge in [0.1, 0.15) is 11.6 Å². The highest BCUT2D eigenvalue weighted by atomic mass is 16.5. The molecule has 1 aromatic rings. The predicted molar refractivity (Wildman–Crippen MR) is 77.8 cm³/mol. The Kier molecular flexibility index (Phi) is 5.28. The van der Waals surface area contributed by atoms with Crippen LogP contribution in [-0.4, -0.2) is 60.9 Å². The molecule has 2 atom stereocenters. The highest BCUT2D eigenvalue weighted by Gasteiger charge is 2.33. The van der Waals surface area contributed by atoms with Crippen LogP contribution in [0.15, 0.2) is 6.07 Å². The van der Waals surface area contributed by atoms with E-state index in [4.69, 9.17) is 9.47 Å². The van der Waals surface area contributed by atoms with Gasteiger partial charge < -0.3 is 14.8 Å². The number of nitrogens with one attached hydrogen (secondary N) is 1. The molecule has 1 aromatic heterocycles. The molecule has 112 valence electrons. The molecule has 0 bridgehead atoms. The molecule has 2 heterocycles. The number of methoxy groups -OCH3 is 2. The second kappa shape index (κ2) is 6.97. The van der Waals surface area contributed by atoms with E-state index < -0.39 is 0 Å². The van der Waals surface area contributed by atoms with Gasteiger partial charge in [0.05, 0.1) is 18.8 Å². The van der Waals surface area contributed by atoms with Crippen LogP contribution in [0.25, 0.3) is 0 Å². The number of rotatable bonds is 6. The third kappa shape index (κ3) is 3.65. The molecule has 1 fully saturated rings. The van der Waals surface area contributed by atoms with Crippen molar-refractivity contribution in [1.29, 1.82) is 0 Å². The van der Waals surface area contributed by atoms with Crippen molar-refractivity contribution >= 4 is 5.82 Å². The van der Waals surface area contributed by atoms with Crippen LogP contribution in [0.1, 0.15) is 18.4 Å². The SMILES string of the molecule is CCNc1cc(C)nc(CN2CC(OC)C(OC)C2)n1. The first-order valence-electron chi connectivity index (χ1n) is 7.02. The molecule has 0 amide bonds. The van der Waals surface area contributed by atoms with Gasteiger partial charge in [-0.1, -0.05) is 0 Å². The number of ether oxygens (including phenoxy) is 2. The van der Waals surface area contributed by atoms with E-state index in [1.54, 1.807) is 14.2 Å². The molecular formula is C14H24N4O2. The second-order valence-corrected chi connectivity index (χ2v) is 5.08. The van der Waals surface area contributed by atoms with Crippen molar-refractivity contribution < 1.29 is 9.47 Å². The van der Waals surface area contributed by atoms with E-state index in [-0.39, 0.29) is 12.2 Å². The molecule has 0 aromatic carbocycles. The van der Waals surface area contributed by atoms with E-state index in [0.717, 1.165) is 43.5 Å². The first-order chi connectivity index (χ1) is 9.66. The summed E-state index contributed by atoms with van der Waals surface area (Å²) in [6, 6.07) is 1.97. The Morgan fingerprint density at radius 1 is 1.25 bits per heavy atom. The number of aryl methyl sites for hydroxylation is 1. The summed E-state index contributed by atoms with van der Waals surface area (Å²) in [6.07, 6.45) is 0.246. The molecule has 0 spiro atoms. The Morgan fingerprint density at radius 2 is 1.90 bits per heavy atom. The van der Waals surface area contributed by atoms with Gasteiger partial charge in [-0.05, 0) is 13.8 Å². The lowest BCUT2D eigenvalue weighted by molar-refractivity contribution is -0.00461. The molecule has 20 heavy (non-hydrogen) atoms. The Balaban J connectivity index is 2.03. The Hall–Kier alpha value is -1.24. The van der Waals surface area contributed by atoms with E-state index in [0.29, 0.717) is 0 Å². The van der Waals surface area contributed by atoms with E-state index >= 15 is 0 Å². The largest absolute Gasteiger partial charge is 0.377 e. The Bertz CT molecular complexity index is 429. The third-order valence-corrected chi connectivity index (χ3v) is 3.52. The smallest absolute Gasteiger partial charge is 0.144 e. The van der Waals surface area contributed by atoms with E-state index in [1.165, 1.54) is 0 Å². The summed E-state index contributed by atoms with van der Waals surface area (Å²) in [4.78, 5) is 11.3. The van der Waals surface area contributed by atoms with Crippen molar-refractivity contribution in [2.24, 2.45) is 0 Å². The molecule has 1 saturated heterocycles. The van der Waals surface area contributed by atoms with E-state index in [1.807, 2.05) is 13.0 Å². The summed E-state index contributed by atoms with van der Waals surface area (Å²) >= 11 is 0. The molecule has 0 radical (unpaired) electrons. The summed E-state index contributed by atoms with van der Waals surface area (Å²) in [6.45, 7) is 7.33. The maximum Gasteiger partial charge on any atom is 0.144 e. The zero-order valence-electron chi connectivity index (χ0n) is 12.7. The van der Waals surface area contributed by atoms with Gasteiger partial charge >= 0.3 is 0 Å². The molecule has 0 saturated carbocycles. The fraction of sp³-hybridized carbons (Fsp3) is 0.714. The molecular weight excluding hydrogens is 256 g/mol. The van der Waals surface area contributed by atoms with Crippen LogP contribution in [0.2, 0.25) is 0 Å². The summed E-state index contributed by atoms with van der Waals surface area (Å²) in [5.74, 6) is 1.73. The molecule has 1 aliphatic heterocycles. The molecule has 2 rings (SSSR count). The zero-order chi connectivity index (χ0) is 14.5. The first kappa shape index (κ1) is 15.2. The summed E-state index contributed by atoms with van der Waals surface area (Å²) in [5, 5.41) is 3.23. The van der Waals surface area contributed by atoms with Crippen molar-refractivity contribution in [3.8, 4) is 0 Å². The lowest BCUT2D eigenvalue weighted by Gasteiger charge is -2.15. The van der Waals surface area contributed by atoms with Gasteiger partial charge in [-0.3, -0.25) is 4.90 Å². The van der Waals surface area contributed by atoms with Crippen molar-refractivity contribution in [3.05, 3.63) is 17.6 Å². The van der Waals surface area contributed by atoms with Crippen LogP contribution < -0.4 is 5.32 Å². The van der Waals surface area contributed by atoms with Crippen molar-refractivity contribution in [2.75, 3.05) is 39.2 Å². The number of likely N-dealkylation sites (tertiary alicyclic amines) is 1. The predicted octanol–water partition coefficient (Wildman–Crippen LogP) is 1.06. The number of hydrogen-bond acceptors (Lipinski definition) is 6. The monoisotopic (exact) mass is 280 g/mol. The van der Waals surface area contributed by atoms with Crippen molar-refractivity contribution in [2.45, 2.75) is 32.6 Å². The van der Waals surface area contributed by atoms with Crippen LogP contribution in [0, 0.1) is 6.92 Å². The summed E-state index contributed by atoms with van der Waals surface area (Å²) in [7, 11) is 3.46. The summed E-state index contributed by atoms with van der Waals surface area (Å²) < 4.78 is 10.9. The number of aromatic nitrogens is 2. The lowest BCUT2D eigenvalue weighted by Crippen LogP contribution is -2.27. The molecule has 1 aliphatic rings. The highest BCUT2D eigenvalue weighted by Crippen LogP contribution is 2.18. The van der Waals surface area contributed by atoms with Gasteiger partial charge in [0.25, 0.3) is 0 Å². The minimum absolute atomic E-state index is 0.123. The fourth-order valence-corrected chi connectivity index (χ4v) is 2.57. The number of hydrogen-bond donors (Lipinski definition) is 1. The van der Waals surface area contributed by atoms with Gasteiger partial charge in [0, 0.05) is 45.6 Å². The molecule has 2 unspecified atom stereocenters. The summed E-state index contributed by atoms with van der Waals surface area (Å²) in [5.41, 5.74) is 0.983. The molecule has 1 N–H and O–H groups in total. The maximum absolute atomic E-state index is 5.45. The van der Waals surface area contributed by atoms with Gasteiger partial charge in [-0.15, -0.1) is 0 Å². The quantitative estimate of drug-likeness (QED) is 0.841. The van der Waals surface area contributed by atoms with Gasteiger partial charge in [0.2, 0.25) is 0 Å². The topological polar surface area (TPSA) is 59.5 Å². The Morgan fingerprint density at radius 3 is 2.45 bits per heavy atom. The van der Waals surface area contributed by atoms with Crippen LogP contribution in [0.4, 0.5) is 5.82 Å². The maximum atomic E-state index is 5.45. The second-order valence-electron chi connectivity index (χ2n) is 5.08. The zero-order valence-corrected chi connectivity index (χ0v) is 12.7. The average Bonchev–Trinajstić information content (AvgIpc) is 2.80. The third-order valence-electron chi connectivity index (χ3n) is 3.52. The van der Waals surface area contributed by atoms with Crippen LogP contribution in [0.3, 0.4) is 0 Å². The average molecular weight is 280 g/mol. The van der Waals surface area contributed by atoms with Crippen LogP contribution in [0.5, 0.6) is 0 Å². The standard InChI is InChI=1S/C14H24N4O2/c1-5-15-13-6-10(2)16-14(17-13)9-18-7-11(19-3)12(8-18)20-4/h6,11-12H,5,7-9H2,1-4H3,(H,15,16,17). The first-order valence-corrected chi connectivity index (χ1v) is 7.02. The normalized spacial score (nSPS) is 23.2. The minimum Gasteiger partial charge on any atom is -0.377 e. The minimum atomic E-state index is 0.123. The Labute approximate surface area is 120 Å². The van der Waals surface area contributed by atoms with Crippen LogP contribution in [-0.2, 0) is 16.0 Å².